The molecule has 3 heterocycles. The maximum absolute atomic E-state index is 12.2. The Balaban J connectivity index is 1.79. The van der Waals surface area contributed by atoms with E-state index in [2.05, 4.69) is 24.0 Å². The SMILES string of the molecule is C[N+]1(C)CCN(c2nn3ccccc3c2N=C2C=CC(=O)CC2=O)CC1. The number of pyridine rings is 1. The molecule has 2 aromatic heterocycles. The molecule has 4 rings (SSSR count). The van der Waals surface area contributed by atoms with Gasteiger partial charge in [0.1, 0.15) is 11.4 Å². The first-order valence-electron chi connectivity index (χ1n) is 8.80. The molecule has 1 saturated heterocycles. The molecule has 1 fully saturated rings. The lowest BCUT2D eigenvalue weighted by Crippen LogP contribution is -2.55. The Morgan fingerprint density at radius 1 is 1.12 bits per heavy atom. The highest BCUT2D eigenvalue weighted by Crippen LogP contribution is 2.34. The van der Waals surface area contributed by atoms with Crippen LogP contribution in [0.15, 0.2) is 41.5 Å². The second-order valence-corrected chi connectivity index (χ2v) is 7.47. The molecule has 1 aliphatic heterocycles. The summed E-state index contributed by atoms with van der Waals surface area (Å²) < 4.78 is 2.78. The van der Waals surface area contributed by atoms with E-state index in [9.17, 15) is 9.59 Å². The first-order valence-corrected chi connectivity index (χ1v) is 8.80. The molecule has 7 heteroatoms. The summed E-state index contributed by atoms with van der Waals surface area (Å²) in [4.78, 5) is 30.5. The zero-order chi connectivity index (χ0) is 18.3. The number of quaternary nitrogens is 1. The van der Waals surface area contributed by atoms with Gasteiger partial charge in [-0.1, -0.05) is 6.07 Å². The quantitative estimate of drug-likeness (QED) is 0.605. The summed E-state index contributed by atoms with van der Waals surface area (Å²) in [6.45, 7) is 3.82. The molecular weight excluding hydrogens is 330 g/mol. The number of rotatable bonds is 2. The number of aliphatic imine (C=N–C) groups is 1. The van der Waals surface area contributed by atoms with Gasteiger partial charge >= 0.3 is 0 Å². The van der Waals surface area contributed by atoms with Crippen molar-refractivity contribution in [3.8, 4) is 0 Å². The van der Waals surface area contributed by atoms with Crippen LogP contribution in [0.3, 0.4) is 0 Å². The summed E-state index contributed by atoms with van der Waals surface area (Å²) in [5.74, 6) is 0.377. The van der Waals surface area contributed by atoms with Gasteiger partial charge in [-0.2, -0.15) is 0 Å². The summed E-state index contributed by atoms with van der Waals surface area (Å²) in [6.07, 6.45) is 4.71. The summed E-state index contributed by atoms with van der Waals surface area (Å²) in [5, 5.41) is 4.72. The molecule has 0 atom stereocenters. The Bertz CT molecular complexity index is 944. The molecule has 0 radical (unpaired) electrons. The smallest absolute Gasteiger partial charge is 0.188 e. The van der Waals surface area contributed by atoms with Gasteiger partial charge in [0.25, 0.3) is 0 Å². The van der Waals surface area contributed by atoms with Crippen LogP contribution in [-0.2, 0) is 9.59 Å². The van der Waals surface area contributed by atoms with E-state index in [1.54, 1.807) is 4.52 Å². The van der Waals surface area contributed by atoms with Crippen molar-refractivity contribution >= 4 is 34.3 Å². The number of piperazine rings is 1. The molecule has 26 heavy (non-hydrogen) atoms. The molecule has 0 unspecified atom stereocenters. The third kappa shape index (κ3) is 3.06. The van der Waals surface area contributed by atoms with Crippen LogP contribution in [0.2, 0.25) is 0 Å². The number of hydrogen-bond acceptors (Lipinski definition) is 5. The number of aromatic nitrogens is 2. The monoisotopic (exact) mass is 352 g/mol. The fourth-order valence-electron chi connectivity index (χ4n) is 3.30. The fraction of sp³-hybridized carbons (Fsp3) is 0.368. The Hall–Kier alpha value is -2.80. The average Bonchev–Trinajstić information content (AvgIpc) is 2.96. The van der Waals surface area contributed by atoms with E-state index in [1.807, 2.05) is 24.4 Å². The minimum atomic E-state index is -0.241. The molecule has 0 N–H and O–H groups in total. The van der Waals surface area contributed by atoms with Gasteiger partial charge in [-0.3, -0.25) is 9.59 Å². The second kappa shape index (κ2) is 6.17. The van der Waals surface area contributed by atoms with Crippen molar-refractivity contribution in [2.45, 2.75) is 6.42 Å². The Kier molecular flexibility index (Phi) is 3.96. The maximum Gasteiger partial charge on any atom is 0.188 e. The number of carbonyl (C=O) groups is 2. The summed E-state index contributed by atoms with van der Waals surface area (Å²) in [6, 6.07) is 5.80. The van der Waals surface area contributed by atoms with Gasteiger partial charge in [-0.25, -0.2) is 9.51 Å². The van der Waals surface area contributed by atoms with Crippen LogP contribution in [0.25, 0.3) is 5.52 Å². The van der Waals surface area contributed by atoms with E-state index >= 15 is 0 Å². The lowest BCUT2D eigenvalue weighted by Gasteiger charge is -2.39. The maximum atomic E-state index is 12.2. The predicted molar refractivity (Wildman–Crippen MR) is 100 cm³/mol. The lowest BCUT2D eigenvalue weighted by molar-refractivity contribution is -0.890. The van der Waals surface area contributed by atoms with E-state index in [-0.39, 0.29) is 18.0 Å². The van der Waals surface area contributed by atoms with Gasteiger partial charge in [0, 0.05) is 6.20 Å². The molecule has 2 aromatic rings. The zero-order valence-electron chi connectivity index (χ0n) is 15.1. The van der Waals surface area contributed by atoms with Crippen molar-refractivity contribution < 1.29 is 14.1 Å². The van der Waals surface area contributed by atoms with Crippen LogP contribution in [0.4, 0.5) is 11.5 Å². The van der Waals surface area contributed by atoms with E-state index in [1.165, 1.54) is 12.2 Å². The topological polar surface area (TPSA) is 67.0 Å². The molecule has 0 saturated carbocycles. The van der Waals surface area contributed by atoms with Crippen molar-refractivity contribution in [1.29, 1.82) is 0 Å². The van der Waals surface area contributed by atoms with Crippen LogP contribution in [0, 0.1) is 0 Å². The minimum absolute atomic E-state index is 0.112. The van der Waals surface area contributed by atoms with Gasteiger partial charge in [-0.05, 0) is 24.3 Å². The van der Waals surface area contributed by atoms with Crippen molar-refractivity contribution in [2.24, 2.45) is 4.99 Å². The van der Waals surface area contributed by atoms with Crippen molar-refractivity contribution in [3.05, 3.63) is 36.5 Å². The summed E-state index contributed by atoms with van der Waals surface area (Å²) >= 11 is 0. The van der Waals surface area contributed by atoms with Gasteiger partial charge in [-0.15, -0.1) is 5.10 Å². The Morgan fingerprint density at radius 2 is 1.88 bits per heavy atom. The standard InChI is InChI=1S/C19H22N5O2/c1-24(2)11-9-22(10-12-24)19-18(16-5-3-4-8-23(16)21-19)20-15-7-6-14(25)13-17(15)26/h3-8H,9-13H2,1-2H3/q+1. The molecule has 0 bridgehead atoms. The van der Waals surface area contributed by atoms with Gasteiger partial charge in [0.15, 0.2) is 17.4 Å². The third-order valence-corrected chi connectivity index (χ3v) is 5.03. The van der Waals surface area contributed by atoms with Crippen LogP contribution >= 0.6 is 0 Å². The third-order valence-electron chi connectivity index (χ3n) is 5.03. The summed E-state index contributed by atoms with van der Waals surface area (Å²) in [7, 11) is 4.45. The highest BCUT2D eigenvalue weighted by molar-refractivity contribution is 6.50. The number of likely N-dealkylation sites (N-methyl/N-ethyl adjacent to an activating group) is 1. The highest BCUT2D eigenvalue weighted by atomic mass is 16.1. The van der Waals surface area contributed by atoms with Crippen LogP contribution in [-0.4, -0.2) is 71.6 Å². The van der Waals surface area contributed by atoms with Gasteiger partial charge < -0.3 is 9.38 Å². The normalized spacial score (nSPS) is 21.8. The Labute approximate surface area is 151 Å². The number of allylic oxidation sites excluding steroid dienone is 2. The van der Waals surface area contributed by atoms with Crippen molar-refractivity contribution in [3.63, 3.8) is 0 Å². The molecule has 0 amide bonds. The van der Waals surface area contributed by atoms with E-state index in [0.717, 1.165) is 42.0 Å². The first kappa shape index (κ1) is 16.7. The molecule has 2 aliphatic rings. The average molecular weight is 352 g/mol. The van der Waals surface area contributed by atoms with Crippen molar-refractivity contribution in [2.75, 3.05) is 45.2 Å². The highest BCUT2D eigenvalue weighted by Gasteiger charge is 2.29. The number of nitrogens with zero attached hydrogens (tertiary/aromatic N) is 5. The van der Waals surface area contributed by atoms with Crippen LogP contribution in [0.5, 0.6) is 0 Å². The van der Waals surface area contributed by atoms with Crippen LogP contribution in [0.1, 0.15) is 6.42 Å². The lowest BCUT2D eigenvalue weighted by atomic mass is 10.0. The number of fused-ring (bicyclic) bond motifs is 1. The number of carbonyl (C=O) groups excluding carboxylic acids is 2. The number of ketones is 2. The molecule has 0 spiro atoms. The predicted octanol–water partition coefficient (Wildman–Crippen LogP) is 1.40. The van der Waals surface area contributed by atoms with E-state index < -0.39 is 0 Å². The van der Waals surface area contributed by atoms with Gasteiger partial charge in [0.2, 0.25) is 0 Å². The molecular formula is C19H22N5O2+. The number of hydrogen-bond donors (Lipinski definition) is 0. The molecule has 134 valence electrons. The summed E-state index contributed by atoms with van der Waals surface area (Å²) in [5.41, 5.74) is 1.87. The first-order chi connectivity index (χ1) is 12.4. The Morgan fingerprint density at radius 3 is 2.62 bits per heavy atom. The molecule has 0 aromatic carbocycles. The second-order valence-electron chi connectivity index (χ2n) is 7.47. The van der Waals surface area contributed by atoms with Crippen molar-refractivity contribution in [1.82, 2.24) is 9.61 Å². The molecule has 7 nitrogen and oxygen atoms in total. The zero-order valence-corrected chi connectivity index (χ0v) is 15.1. The largest absolute Gasteiger partial charge is 0.342 e. The fourth-order valence-corrected chi connectivity index (χ4v) is 3.30. The molecule has 1 aliphatic carbocycles. The van der Waals surface area contributed by atoms with E-state index in [0.29, 0.717) is 11.4 Å². The van der Waals surface area contributed by atoms with Gasteiger partial charge in [0.05, 0.1) is 52.2 Å². The number of anilines is 1. The van der Waals surface area contributed by atoms with E-state index in [4.69, 9.17) is 5.10 Å². The number of Topliss-reactive ketones (excluding diaryl/α,β-unsaturated/α-hetero) is 1. The van der Waals surface area contributed by atoms with Crippen LogP contribution < -0.4 is 4.90 Å². The minimum Gasteiger partial charge on any atom is -0.342 e.